The summed E-state index contributed by atoms with van der Waals surface area (Å²) in [5.41, 5.74) is 3.91. The number of hydrogen-bond acceptors (Lipinski definition) is 7. The minimum absolute atomic E-state index is 0.310. The Bertz CT molecular complexity index is 1140. The summed E-state index contributed by atoms with van der Waals surface area (Å²) < 4.78 is 5.45. The van der Waals surface area contributed by atoms with Gasteiger partial charge in [0.25, 0.3) is 0 Å². The maximum atomic E-state index is 12.5. The Morgan fingerprint density at radius 3 is 2.97 bits per heavy atom. The third kappa shape index (κ3) is 3.65. The molecule has 3 aromatic heterocycles. The number of ether oxygens (including phenoxy) is 1. The molecule has 0 spiro atoms. The van der Waals surface area contributed by atoms with Crippen LogP contribution >= 0.6 is 11.3 Å². The van der Waals surface area contributed by atoms with Crippen molar-refractivity contribution in [3.05, 3.63) is 30.1 Å². The molecule has 0 bridgehead atoms. The molecule has 0 radical (unpaired) electrons. The van der Waals surface area contributed by atoms with Crippen molar-refractivity contribution in [3.63, 3.8) is 0 Å². The normalized spacial score (nSPS) is 15.2. The summed E-state index contributed by atoms with van der Waals surface area (Å²) in [5, 5.41) is 5.64. The van der Waals surface area contributed by atoms with Gasteiger partial charge in [-0.2, -0.15) is 0 Å². The lowest BCUT2D eigenvalue weighted by atomic mass is 10.1. The molecule has 1 saturated carbocycles. The van der Waals surface area contributed by atoms with Gasteiger partial charge in [0, 0.05) is 31.8 Å². The highest BCUT2D eigenvalue weighted by molar-refractivity contribution is 7.21. The number of nitrogens with one attached hydrogen (secondary N) is 2. The number of aromatic nitrogens is 3. The number of amides is 3. The van der Waals surface area contributed by atoms with Crippen LogP contribution in [0.2, 0.25) is 0 Å². The van der Waals surface area contributed by atoms with E-state index in [1.807, 2.05) is 18.2 Å². The molecular weight excluding hydrogens is 404 g/mol. The average molecular weight is 424 g/mol. The maximum Gasteiger partial charge on any atom is 0.414 e. The van der Waals surface area contributed by atoms with E-state index in [9.17, 15) is 9.59 Å². The zero-order valence-electron chi connectivity index (χ0n) is 16.3. The largest absolute Gasteiger partial charge is 0.449 e. The van der Waals surface area contributed by atoms with Gasteiger partial charge in [-0.25, -0.2) is 19.6 Å². The summed E-state index contributed by atoms with van der Waals surface area (Å²) >= 11 is 1.30. The Kier molecular flexibility index (Phi) is 4.70. The fourth-order valence-electron chi connectivity index (χ4n) is 3.32. The van der Waals surface area contributed by atoms with Crippen LogP contribution in [-0.4, -0.2) is 47.3 Å². The van der Waals surface area contributed by atoms with Gasteiger partial charge in [0.15, 0.2) is 5.13 Å². The number of thiazole rings is 1. The first-order chi connectivity index (χ1) is 14.6. The van der Waals surface area contributed by atoms with Crippen LogP contribution in [0.1, 0.15) is 18.5 Å². The summed E-state index contributed by atoms with van der Waals surface area (Å²) in [4.78, 5) is 39.9. The number of rotatable bonds is 4. The van der Waals surface area contributed by atoms with Crippen molar-refractivity contribution in [2.75, 3.05) is 30.4 Å². The number of nitrogens with zero attached hydrogens (tertiary/aromatic N) is 4. The van der Waals surface area contributed by atoms with Crippen LogP contribution in [0.15, 0.2) is 24.4 Å². The van der Waals surface area contributed by atoms with Gasteiger partial charge >= 0.3 is 12.1 Å². The van der Waals surface area contributed by atoms with E-state index in [2.05, 4.69) is 25.6 Å². The Morgan fingerprint density at radius 1 is 1.30 bits per heavy atom. The highest BCUT2D eigenvalue weighted by Gasteiger charge is 2.30. The van der Waals surface area contributed by atoms with Gasteiger partial charge in [-0.3, -0.25) is 15.2 Å². The van der Waals surface area contributed by atoms with Crippen LogP contribution < -0.4 is 15.5 Å². The number of carbonyl (C=O) groups excluding carboxylic acids is 2. The lowest BCUT2D eigenvalue weighted by Gasteiger charge is -2.17. The second-order valence-electron chi connectivity index (χ2n) is 7.36. The molecule has 10 heteroatoms. The van der Waals surface area contributed by atoms with E-state index in [1.165, 1.54) is 11.3 Å². The first-order valence-electron chi connectivity index (χ1n) is 9.80. The minimum Gasteiger partial charge on any atom is -0.449 e. The predicted molar refractivity (Wildman–Crippen MR) is 114 cm³/mol. The second kappa shape index (κ2) is 7.52. The van der Waals surface area contributed by atoms with Gasteiger partial charge in [-0.1, -0.05) is 11.3 Å². The molecule has 154 valence electrons. The Hall–Kier alpha value is -3.27. The van der Waals surface area contributed by atoms with E-state index < -0.39 is 0 Å². The van der Waals surface area contributed by atoms with Crippen molar-refractivity contribution in [1.29, 1.82) is 0 Å². The standard InChI is InChI=1S/C20H20N6O3S/c1-21-18(27)25-19-24-15-5-4-13(23-17(15)30-19)12-8-16-14(22-9-12)6-7-26(16)20(28)29-10-11-2-3-11/h4-5,8-9,11H,2-3,6-7,10H2,1H3,(H2,21,24,25,27). The predicted octanol–water partition coefficient (Wildman–Crippen LogP) is 3.41. The topological polar surface area (TPSA) is 109 Å². The van der Waals surface area contributed by atoms with Crippen molar-refractivity contribution < 1.29 is 14.3 Å². The fourth-order valence-corrected chi connectivity index (χ4v) is 4.15. The summed E-state index contributed by atoms with van der Waals surface area (Å²) in [5.74, 6) is 0.526. The molecule has 1 aliphatic heterocycles. The van der Waals surface area contributed by atoms with Crippen molar-refractivity contribution in [2.24, 2.45) is 5.92 Å². The molecule has 3 amide bonds. The van der Waals surface area contributed by atoms with E-state index in [0.29, 0.717) is 41.0 Å². The maximum absolute atomic E-state index is 12.5. The van der Waals surface area contributed by atoms with Gasteiger partial charge in [-0.05, 0) is 37.0 Å². The van der Waals surface area contributed by atoms with Crippen LogP contribution in [-0.2, 0) is 11.2 Å². The van der Waals surface area contributed by atoms with E-state index in [-0.39, 0.29) is 12.1 Å². The van der Waals surface area contributed by atoms with Crippen molar-refractivity contribution >= 4 is 44.6 Å². The molecule has 0 aromatic carbocycles. The second-order valence-corrected chi connectivity index (χ2v) is 8.33. The molecule has 0 atom stereocenters. The zero-order chi connectivity index (χ0) is 20.7. The molecule has 1 aliphatic carbocycles. The molecule has 30 heavy (non-hydrogen) atoms. The molecule has 4 heterocycles. The van der Waals surface area contributed by atoms with E-state index in [4.69, 9.17) is 4.74 Å². The minimum atomic E-state index is -0.328. The number of hydrogen-bond donors (Lipinski definition) is 2. The molecule has 0 unspecified atom stereocenters. The smallest absolute Gasteiger partial charge is 0.414 e. The molecule has 2 N–H and O–H groups in total. The molecule has 5 rings (SSSR count). The zero-order valence-corrected chi connectivity index (χ0v) is 17.2. The Morgan fingerprint density at radius 2 is 2.17 bits per heavy atom. The first-order valence-corrected chi connectivity index (χ1v) is 10.6. The Labute approximate surface area is 176 Å². The van der Waals surface area contributed by atoms with Crippen LogP contribution in [0.4, 0.5) is 20.4 Å². The van der Waals surface area contributed by atoms with Gasteiger partial charge in [0.05, 0.1) is 23.7 Å². The highest BCUT2D eigenvalue weighted by Crippen LogP contribution is 2.34. The molecule has 9 nitrogen and oxygen atoms in total. The van der Waals surface area contributed by atoms with Gasteiger partial charge < -0.3 is 10.1 Å². The lowest BCUT2D eigenvalue weighted by Crippen LogP contribution is -2.30. The number of carbonyl (C=O) groups is 2. The molecule has 3 aromatic rings. The van der Waals surface area contributed by atoms with Crippen molar-refractivity contribution in [1.82, 2.24) is 20.3 Å². The first kappa shape index (κ1) is 18.7. The van der Waals surface area contributed by atoms with Crippen LogP contribution in [0.25, 0.3) is 21.6 Å². The molecule has 2 aliphatic rings. The number of pyridine rings is 2. The summed E-state index contributed by atoms with van der Waals surface area (Å²) in [6.45, 7) is 1.07. The number of anilines is 2. The monoisotopic (exact) mass is 424 g/mol. The Balaban J connectivity index is 1.40. The quantitative estimate of drug-likeness (QED) is 0.664. The van der Waals surface area contributed by atoms with Crippen LogP contribution in [0.5, 0.6) is 0 Å². The third-order valence-electron chi connectivity index (χ3n) is 5.17. The summed E-state index contributed by atoms with van der Waals surface area (Å²) in [6, 6.07) is 5.33. The van der Waals surface area contributed by atoms with Gasteiger partial charge in [-0.15, -0.1) is 0 Å². The van der Waals surface area contributed by atoms with Crippen molar-refractivity contribution in [3.8, 4) is 11.3 Å². The van der Waals surface area contributed by atoms with Gasteiger partial charge in [0.2, 0.25) is 0 Å². The summed E-state index contributed by atoms with van der Waals surface area (Å²) in [6.07, 6.45) is 4.46. The van der Waals surface area contributed by atoms with Crippen molar-refractivity contribution in [2.45, 2.75) is 19.3 Å². The van der Waals surface area contributed by atoms with E-state index in [0.717, 1.165) is 35.5 Å². The lowest BCUT2D eigenvalue weighted by molar-refractivity contribution is 0.149. The fraction of sp³-hybridized carbons (Fsp3) is 0.350. The van der Waals surface area contributed by atoms with E-state index >= 15 is 0 Å². The SMILES string of the molecule is CNC(=O)Nc1nc2ccc(-c3cnc4c(c3)N(C(=O)OCC3CC3)CC4)nc2s1. The molecular formula is C20H20N6O3S. The highest BCUT2D eigenvalue weighted by atomic mass is 32.1. The van der Waals surface area contributed by atoms with E-state index in [1.54, 1.807) is 18.1 Å². The van der Waals surface area contributed by atoms with Gasteiger partial charge in [0.1, 0.15) is 10.3 Å². The van der Waals surface area contributed by atoms with Crippen LogP contribution in [0.3, 0.4) is 0 Å². The molecule has 0 saturated heterocycles. The third-order valence-corrected chi connectivity index (χ3v) is 6.05. The number of urea groups is 1. The molecule has 1 fully saturated rings. The number of fused-ring (bicyclic) bond motifs is 2. The van der Waals surface area contributed by atoms with Crippen LogP contribution in [0, 0.1) is 5.92 Å². The summed E-state index contributed by atoms with van der Waals surface area (Å²) in [7, 11) is 1.55. The average Bonchev–Trinajstić information content (AvgIpc) is 3.35.